The van der Waals surface area contributed by atoms with Gasteiger partial charge in [0.1, 0.15) is 0 Å². The quantitative estimate of drug-likeness (QED) is 0.807. The largest absolute Gasteiger partial charge is 0.494 e. The fraction of sp³-hybridized carbons (Fsp3) is 0.500. The predicted octanol–water partition coefficient (Wildman–Crippen LogP) is 2.13. The third-order valence-corrected chi connectivity index (χ3v) is 2.54. The van der Waals surface area contributed by atoms with Gasteiger partial charge in [0.25, 0.3) is 0 Å². The molecule has 3 nitrogen and oxygen atoms in total. The first kappa shape index (κ1) is 12.9. The number of halogens is 1. The summed E-state index contributed by atoms with van der Waals surface area (Å²) in [4.78, 5) is 0. The van der Waals surface area contributed by atoms with Crippen molar-refractivity contribution in [2.75, 3.05) is 27.9 Å². The highest BCUT2D eigenvalue weighted by Gasteiger charge is 2.11. The minimum absolute atomic E-state index is 0.0976. The van der Waals surface area contributed by atoms with E-state index >= 15 is 0 Å². The van der Waals surface area contributed by atoms with Crippen LogP contribution in [0.5, 0.6) is 5.75 Å². The maximum Gasteiger partial charge on any atom is 0.165 e. The van der Waals surface area contributed by atoms with E-state index in [2.05, 4.69) is 5.32 Å². The molecule has 1 atom stereocenters. The second-order valence-electron chi connectivity index (χ2n) is 3.52. The van der Waals surface area contributed by atoms with Crippen LogP contribution < -0.4 is 10.1 Å². The number of nitrogens with one attached hydrogen (secondary N) is 1. The Morgan fingerprint density at radius 3 is 2.62 bits per heavy atom. The number of hydrogen-bond acceptors (Lipinski definition) is 3. The Kier molecular flexibility index (Phi) is 5.22. The molecule has 0 radical (unpaired) electrons. The van der Waals surface area contributed by atoms with Gasteiger partial charge in [-0.05, 0) is 31.2 Å². The van der Waals surface area contributed by atoms with Gasteiger partial charge >= 0.3 is 0 Å². The summed E-state index contributed by atoms with van der Waals surface area (Å²) >= 11 is 0. The molecule has 1 aromatic rings. The summed E-state index contributed by atoms with van der Waals surface area (Å²) in [6.45, 7) is 0.638. The Morgan fingerprint density at radius 1 is 1.38 bits per heavy atom. The Labute approximate surface area is 95.6 Å². The van der Waals surface area contributed by atoms with Crippen molar-refractivity contribution < 1.29 is 13.9 Å². The number of benzene rings is 1. The van der Waals surface area contributed by atoms with Crippen molar-refractivity contribution in [1.82, 2.24) is 5.32 Å². The van der Waals surface area contributed by atoms with Gasteiger partial charge in [-0.2, -0.15) is 0 Å². The summed E-state index contributed by atoms with van der Waals surface area (Å²) < 4.78 is 23.4. The number of hydrogen-bond donors (Lipinski definition) is 1. The summed E-state index contributed by atoms with van der Waals surface area (Å²) in [6, 6.07) is 5.09. The van der Waals surface area contributed by atoms with Crippen molar-refractivity contribution in [2.45, 2.75) is 12.5 Å². The van der Waals surface area contributed by atoms with Crippen LogP contribution in [-0.2, 0) is 4.74 Å². The van der Waals surface area contributed by atoms with Crippen LogP contribution in [-0.4, -0.2) is 27.9 Å². The third-order valence-electron chi connectivity index (χ3n) is 2.54. The predicted molar refractivity (Wildman–Crippen MR) is 61.2 cm³/mol. The van der Waals surface area contributed by atoms with Gasteiger partial charge in [0.2, 0.25) is 0 Å². The molecule has 4 heteroatoms. The summed E-state index contributed by atoms with van der Waals surface area (Å²) in [5.41, 5.74) is 0.901. The van der Waals surface area contributed by atoms with E-state index < -0.39 is 0 Å². The second kappa shape index (κ2) is 6.45. The lowest BCUT2D eigenvalue weighted by molar-refractivity contribution is 0.184. The first-order valence-corrected chi connectivity index (χ1v) is 5.22. The van der Waals surface area contributed by atoms with Crippen LogP contribution >= 0.6 is 0 Å². The standard InChI is InChI=1S/C12H18FNO2/c1-14-11(6-7-15-2)9-4-5-12(16-3)10(13)8-9/h4-5,8,11,14H,6-7H2,1-3H3. The van der Waals surface area contributed by atoms with Gasteiger partial charge in [0.15, 0.2) is 11.6 Å². The smallest absolute Gasteiger partial charge is 0.165 e. The molecule has 1 unspecified atom stereocenters. The average Bonchev–Trinajstić information content (AvgIpc) is 2.30. The van der Waals surface area contributed by atoms with Crippen molar-refractivity contribution in [3.05, 3.63) is 29.6 Å². The SMILES string of the molecule is CNC(CCOC)c1ccc(OC)c(F)c1. The van der Waals surface area contributed by atoms with Crippen LogP contribution in [0.15, 0.2) is 18.2 Å². The average molecular weight is 227 g/mol. The zero-order valence-electron chi connectivity index (χ0n) is 9.92. The van der Waals surface area contributed by atoms with Crippen LogP contribution in [0.3, 0.4) is 0 Å². The van der Waals surface area contributed by atoms with Gasteiger partial charge in [0.05, 0.1) is 7.11 Å². The van der Waals surface area contributed by atoms with Crippen molar-refractivity contribution in [3.63, 3.8) is 0 Å². The second-order valence-corrected chi connectivity index (χ2v) is 3.52. The van der Waals surface area contributed by atoms with Gasteiger partial charge in [-0.1, -0.05) is 6.07 Å². The fourth-order valence-corrected chi connectivity index (χ4v) is 1.61. The molecule has 0 saturated heterocycles. The van der Waals surface area contributed by atoms with Gasteiger partial charge in [-0.25, -0.2) is 4.39 Å². The van der Waals surface area contributed by atoms with E-state index in [-0.39, 0.29) is 17.6 Å². The molecule has 1 rings (SSSR count). The third kappa shape index (κ3) is 3.18. The minimum Gasteiger partial charge on any atom is -0.494 e. The highest BCUT2D eigenvalue weighted by atomic mass is 19.1. The zero-order chi connectivity index (χ0) is 12.0. The van der Waals surface area contributed by atoms with Crippen LogP contribution in [0.25, 0.3) is 0 Å². The van der Waals surface area contributed by atoms with Crippen LogP contribution in [0, 0.1) is 5.82 Å². The van der Waals surface area contributed by atoms with Crippen molar-refractivity contribution in [2.24, 2.45) is 0 Å². The maximum absolute atomic E-state index is 13.5. The molecular formula is C12H18FNO2. The summed E-state index contributed by atoms with van der Waals surface area (Å²) in [7, 11) is 4.96. The lowest BCUT2D eigenvalue weighted by Crippen LogP contribution is -2.18. The first-order valence-electron chi connectivity index (χ1n) is 5.22. The molecule has 1 N–H and O–H groups in total. The number of methoxy groups -OCH3 is 2. The molecule has 0 heterocycles. The van der Waals surface area contributed by atoms with E-state index in [9.17, 15) is 4.39 Å². The monoisotopic (exact) mass is 227 g/mol. The first-order chi connectivity index (χ1) is 7.72. The van der Waals surface area contributed by atoms with Crippen LogP contribution in [0.2, 0.25) is 0 Å². The zero-order valence-corrected chi connectivity index (χ0v) is 9.92. The number of rotatable bonds is 6. The molecule has 0 amide bonds. The van der Waals surface area contributed by atoms with Crippen LogP contribution in [0.1, 0.15) is 18.0 Å². The summed E-state index contributed by atoms with van der Waals surface area (Å²) in [5, 5.41) is 3.13. The Balaban J connectivity index is 2.80. The van der Waals surface area contributed by atoms with Gasteiger partial charge in [-0.15, -0.1) is 0 Å². The minimum atomic E-state index is -0.335. The lowest BCUT2D eigenvalue weighted by atomic mass is 10.0. The van der Waals surface area contributed by atoms with E-state index in [1.165, 1.54) is 13.2 Å². The Morgan fingerprint density at radius 2 is 2.12 bits per heavy atom. The summed E-state index contributed by atoms with van der Waals surface area (Å²) in [5.74, 6) is -0.0667. The number of ether oxygens (including phenoxy) is 2. The van der Waals surface area contributed by atoms with Gasteiger partial charge in [-0.3, -0.25) is 0 Å². The normalized spacial score (nSPS) is 12.5. The van der Waals surface area contributed by atoms with Crippen LogP contribution in [0.4, 0.5) is 4.39 Å². The molecule has 16 heavy (non-hydrogen) atoms. The highest BCUT2D eigenvalue weighted by molar-refractivity contribution is 5.31. The van der Waals surface area contributed by atoms with Gasteiger partial charge < -0.3 is 14.8 Å². The fourth-order valence-electron chi connectivity index (χ4n) is 1.61. The molecule has 0 saturated carbocycles. The molecule has 0 aliphatic rings. The molecule has 0 fully saturated rings. The Hall–Kier alpha value is -1.13. The van der Waals surface area contributed by atoms with E-state index in [1.807, 2.05) is 13.1 Å². The van der Waals surface area contributed by atoms with E-state index in [4.69, 9.17) is 9.47 Å². The molecule has 0 spiro atoms. The van der Waals surface area contributed by atoms with Gasteiger partial charge in [0, 0.05) is 19.8 Å². The Bertz CT molecular complexity index is 331. The highest BCUT2D eigenvalue weighted by Crippen LogP contribution is 2.23. The van der Waals surface area contributed by atoms with Crippen molar-refractivity contribution >= 4 is 0 Å². The molecule has 90 valence electrons. The molecular weight excluding hydrogens is 209 g/mol. The maximum atomic E-state index is 13.5. The molecule has 0 bridgehead atoms. The van der Waals surface area contributed by atoms with E-state index in [1.54, 1.807) is 13.2 Å². The molecule has 1 aromatic carbocycles. The lowest BCUT2D eigenvalue weighted by Gasteiger charge is -2.16. The summed E-state index contributed by atoms with van der Waals surface area (Å²) in [6.07, 6.45) is 0.804. The topological polar surface area (TPSA) is 30.5 Å². The molecule has 0 aromatic heterocycles. The van der Waals surface area contributed by atoms with E-state index in [0.717, 1.165) is 12.0 Å². The van der Waals surface area contributed by atoms with E-state index in [0.29, 0.717) is 6.61 Å². The van der Waals surface area contributed by atoms with Crippen molar-refractivity contribution in [3.8, 4) is 5.75 Å². The van der Waals surface area contributed by atoms with Crippen molar-refractivity contribution in [1.29, 1.82) is 0 Å². The molecule has 0 aliphatic heterocycles. The molecule has 0 aliphatic carbocycles.